The normalized spacial score (nSPS) is 13.2. The number of benzene rings is 2. The van der Waals surface area contributed by atoms with Crippen molar-refractivity contribution in [3.05, 3.63) is 59.3 Å². The molecule has 0 saturated carbocycles. The average Bonchev–Trinajstić information content (AvgIpc) is 3.29. The Bertz CT molecular complexity index is 1550. The van der Waals surface area contributed by atoms with Gasteiger partial charge in [-0.3, -0.25) is 0 Å². The Hall–Kier alpha value is -4.53. The fourth-order valence-corrected chi connectivity index (χ4v) is 4.60. The monoisotopic (exact) mass is 526 g/mol. The highest BCUT2D eigenvalue weighted by atomic mass is 16.5. The highest BCUT2D eigenvalue weighted by Gasteiger charge is 2.25. The Kier molecular flexibility index (Phi) is 7.40. The summed E-state index contributed by atoms with van der Waals surface area (Å²) in [4.78, 5) is 24.9. The summed E-state index contributed by atoms with van der Waals surface area (Å²) in [5, 5.41) is 17.3. The first-order valence-corrected chi connectivity index (χ1v) is 12.6. The third-order valence-electron chi connectivity index (χ3n) is 6.85. The zero-order valence-corrected chi connectivity index (χ0v) is 22.4. The maximum atomic E-state index is 11.8. The van der Waals surface area contributed by atoms with E-state index in [1.165, 1.54) is 6.20 Å². The third kappa shape index (κ3) is 5.12. The Morgan fingerprint density at radius 3 is 2.69 bits per heavy atom. The molecule has 0 radical (unpaired) electrons. The standard InChI is InChI=1S/C28H30N8O3/c1-34(2)9-10-35(3)25-12-26(38-4)23(11-22(25)33-37)31-28-30-14-18(13-29)27(32-28)21-15-36(19-16-39-17-19)24-8-6-5-7-20(21)24/h5-8,11-12,14-15,19H,9-10,16-17H2,1-4H3,(H,30,31,32). The second-order valence-corrected chi connectivity index (χ2v) is 9.71. The van der Waals surface area contributed by atoms with Gasteiger partial charge in [0.1, 0.15) is 17.5 Å². The average molecular weight is 527 g/mol. The summed E-state index contributed by atoms with van der Waals surface area (Å²) in [6, 6.07) is 13.9. The van der Waals surface area contributed by atoms with Crippen molar-refractivity contribution in [3.63, 3.8) is 0 Å². The van der Waals surface area contributed by atoms with E-state index in [1.807, 2.05) is 50.4 Å². The topological polar surface area (TPSA) is 121 Å². The molecule has 2 aromatic heterocycles. The van der Waals surface area contributed by atoms with E-state index in [1.54, 1.807) is 19.2 Å². The molecular weight excluding hydrogens is 496 g/mol. The Morgan fingerprint density at radius 2 is 2.03 bits per heavy atom. The first-order chi connectivity index (χ1) is 18.9. The number of methoxy groups -OCH3 is 1. The van der Waals surface area contributed by atoms with Gasteiger partial charge in [-0.25, -0.2) is 9.97 Å². The summed E-state index contributed by atoms with van der Waals surface area (Å²) in [5.41, 5.74) is 4.16. The quantitative estimate of drug-likeness (QED) is 0.293. The first-order valence-electron chi connectivity index (χ1n) is 12.6. The van der Waals surface area contributed by atoms with Crippen LogP contribution in [-0.2, 0) is 4.74 Å². The van der Waals surface area contributed by atoms with Crippen molar-refractivity contribution in [3.8, 4) is 23.1 Å². The number of ether oxygens (including phenoxy) is 2. The zero-order chi connectivity index (χ0) is 27.5. The minimum absolute atomic E-state index is 0.238. The number of nitrogens with zero attached hydrogens (tertiary/aromatic N) is 7. The van der Waals surface area contributed by atoms with Crippen molar-refractivity contribution < 1.29 is 9.47 Å². The lowest BCUT2D eigenvalue weighted by Gasteiger charge is -2.28. The van der Waals surface area contributed by atoms with Crippen molar-refractivity contribution in [2.75, 3.05) is 64.8 Å². The number of hydrogen-bond donors (Lipinski definition) is 1. The van der Waals surface area contributed by atoms with Crippen LogP contribution in [0.25, 0.3) is 22.2 Å². The number of rotatable bonds is 10. The Morgan fingerprint density at radius 1 is 1.23 bits per heavy atom. The van der Waals surface area contributed by atoms with Crippen LogP contribution < -0.4 is 15.0 Å². The van der Waals surface area contributed by atoms with Crippen LogP contribution in [0.1, 0.15) is 11.6 Å². The van der Waals surface area contributed by atoms with Gasteiger partial charge < -0.3 is 29.2 Å². The molecule has 39 heavy (non-hydrogen) atoms. The van der Waals surface area contributed by atoms with Crippen molar-refractivity contribution in [2.45, 2.75) is 6.04 Å². The molecule has 5 rings (SSSR count). The predicted octanol–water partition coefficient (Wildman–Crippen LogP) is 4.69. The molecule has 1 fully saturated rings. The minimum atomic E-state index is 0.238. The van der Waals surface area contributed by atoms with Crippen molar-refractivity contribution in [1.82, 2.24) is 19.4 Å². The molecule has 0 unspecified atom stereocenters. The molecule has 1 aliphatic heterocycles. The molecule has 11 heteroatoms. The van der Waals surface area contributed by atoms with Gasteiger partial charge >= 0.3 is 0 Å². The molecule has 4 aromatic rings. The second-order valence-electron chi connectivity index (χ2n) is 9.71. The van der Waals surface area contributed by atoms with Crippen LogP contribution in [-0.4, -0.2) is 74.0 Å². The number of fused-ring (bicyclic) bond motifs is 1. The molecule has 0 amide bonds. The Labute approximate surface area is 226 Å². The maximum absolute atomic E-state index is 11.8. The van der Waals surface area contributed by atoms with Gasteiger partial charge in [-0.05, 0) is 31.4 Å². The molecule has 200 valence electrons. The van der Waals surface area contributed by atoms with Crippen LogP contribution in [0.5, 0.6) is 5.75 Å². The van der Waals surface area contributed by atoms with Crippen molar-refractivity contribution >= 4 is 33.9 Å². The Balaban J connectivity index is 1.53. The van der Waals surface area contributed by atoms with E-state index in [-0.39, 0.29) is 17.7 Å². The summed E-state index contributed by atoms with van der Waals surface area (Å²) in [7, 11) is 7.45. The van der Waals surface area contributed by atoms with Crippen LogP contribution in [0.3, 0.4) is 0 Å². The molecule has 0 atom stereocenters. The maximum Gasteiger partial charge on any atom is 0.227 e. The number of para-hydroxylation sites is 1. The van der Waals surface area contributed by atoms with Gasteiger partial charge in [-0.1, -0.05) is 18.2 Å². The fraction of sp³-hybridized carbons (Fsp3) is 0.321. The lowest BCUT2D eigenvalue weighted by atomic mass is 10.1. The van der Waals surface area contributed by atoms with E-state index in [4.69, 9.17) is 14.5 Å². The molecule has 0 spiro atoms. The van der Waals surface area contributed by atoms with E-state index in [9.17, 15) is 10.2 Å². The molecule has 0 bridgehead atoms. The molecule has 1 aliphatic rings. The van der Waals surface area contributed by atoms with Crippen LogP contribution in [0, 0.1) is 16.2 Å². The summed E-state index contributed by atoms with van der Waals surface area (Å²) in [6.45, 7) is 2.80. The molecule has 2 aromatic carbocycles. The number of likely N-dealkylation sites (N-methyl/N-ethyl adjacent to an activating group) is 2. The number of nitrogens with one attached hydrogen (secondary N) is 1. The van der Waals surface area contributed by atoms with Gasteiger partial charge in [-0.2, -0.15) is 5.26 Å². The van der Waals surface area contributed by atoms with Gasteiger partial charge in [-0.15, -0.1) is 4.91 Å². The second kappa shape index (κ2) is 11.1. The lowest BCUT2D eigenvalue weighted by molar-refractivity contribution is -0.0213. The number of anilines is 3. The first kappa shape index (κ1) is 26.1. The predicted molar refractivity (Wildman–Crippen MR) is 151 cm³/mol. The summed E-state index contributed by atoms with van der Waals surface area (Å²) in [6.07, 6.45) is 3.52. The zero-order valence-electron chi connectivity index (χ0n) is 22.4. The summed E-state index contributed by atoms with van der Waals surface area (Å²) >= 11 is 0. The summed E-state index contributed by atoms with van der Waals surface area (Å²) < 4.78 is 13.2. The number of hydrogen-bond acceptors (Lipinski definition) is 10. The van der Waals surface area contributed by atoms with Gasteiger partial charge in [0.15, 0.2) is 0 Å². The van der Waals surface area contributed by atoms with Crippen LogP contribution in [0.4, 0.5) is 23.0 Å². The van der Waals surface area contributed by atoms with Gasteiger partial charge in [0.05, 0.1) is 55.2 Å². The molecule has 1 N–H and O–H groups in total. The van der Waals surface area contributed by atoms with Crippen LogP contribution >= 0.6 is 0 Å². The summed E-state index contributed by atoms with van der Waals surface area (Å²) in [5.74, 6) is 0.766. The van der Waals surface area contributed by atoms with Gasteiger partial charge in [0.2, 0.25) is 5.95 Å². The minimum Gasteiger partial charge on any atom is -0.494 e. The van der Waals surface area contributed by atoms with Crippen molar-refractivity contribution in [2.24, 2.45) is 5.18 Å². The SMILES string of the molecule is COc1cc(N(C)CCN(C)C)c(N=O)cc1Nc1ncc(C#N)c(-c2cn(C3COC3)c3ccccc23)n1. The molecule has 0 aliphatic carbocycles. The molecule has 1 saturated heterocycles. The third-order valence-corrected chi connectivity index (χ3v) is 6.85. The van der Waals surface area contributed by atoms with Crippen molar-refractivity contribution in [1.29, 1.82) is 5.26 Å². The van der Waals surface area contributed by atoms with Crippen LogP contribution in [0.2, 0.25) is 0 Å². The van der Waals surface area contributed by atoms with E-state index in [0.717, 1.165) is 23.0 Å². The van der Waals surface area contributed by atoms with Gasteiger partial charge in [0.25, 0.3) is 0 Å². The largest absolute Gasteiger partial charge is 0.494 e. The van der Waals surface area contributed by atoms with E-state index >= 15 is 0 Å². The smallest absolute Gasteiger partial charge is 0.227 e. The fourth-order valence-electron chi connectivity index (χ4n) is 4.60. The molecule has 11 nitrogen and oxygen atoms in total. The highest BCUT2D eigenvalue weighted by molar-refractivity contribution is 5.96. The number of nitriles is 1. The van der Waals surface area contributed by atoms with Crippen LogP contribution in [0.15, 0.2) is 54.0 Å². The highest BCUT2D eigenvalue weighted by Crippen LogP contribution is 2.40. The number of aromatic nitrogens is 3. The van der Waals surface area contributed by atoms with Gasteiger partial charge in [0, 0.05) is 48.9 Å². The molecular formula is C28H30N8O3. The lowest BCUT2D eigenvalue weighted by Crippen LogP contribution is -2.30. The van der Waals surface area contributed by atoms with E-state index in [2.05, 4.69) is 37.1 Å². The number of nitroso groups, excluding NO2 is 1. The molecule has 3 heterocycles. The van der Waals surface area contributed by atoms with E-state index < -0.39 is 0 Å². The van der Waals surface area contributed by atoms with E-state index in [0.29, 0.717) is 48.1 Å².